The van der Waals surface area contributed by atoms with Crippen LogP contribution in [-0.2, 0) is 15.9 Å². The van der Waals surface area contributed by atoms with Crippen molar-refractivity contribution in [2.75, 3.05) is 11.6 Å². The number of carbonyl (C=O) groups excluding carboxylic acids is 1. The van der Waals surface area contributed by atoms with Gasteiger partial charge in [0.05, 0.1) is 15.3 Å². The number of ether oxygens (including phenoxy) is 1. The van der Waals surface area contributed by atoms with E-state index in [1.165, 1.54) is 43.5 Å². The number of carbonyl (C=O) groups is 1. The quantitative estimate of drug-likeness (QED) is 0.457. The van der Waals surface area contributed by atoms with E-state index in [0.717, 1.165) is 13.0 Å². The number of benzene rings is 2. The van der Waals surface area contributed by atoms with Crippen molar-refractivity contribution >= 4 is 21.3 Å². The molecule has 1 heterocycles. The second-order valence-corrected chi connectivity index (χ2v) is 9.60. The molecular weight excluding hydrogens is 490 g/mol. The smallest absolute Gasteiger partial charge is 0.435 e. The van der Waals surface area contributed by atoms with Crippen molar-refractivity contribution in [2.24, 2.45) is 0 Å². The highest BCUT2D eigenvalue weighted by Gasteiger charge is 2.38. The summed E-state index contributed by atoms with van der Waals surface area (Å²) in [5.74, 6) is -2.78. The molecule has 1 atom stereocenters. The average Bonchev–Trinajstić information content (AvgIpc) is 2.76. The molecule has 2 aromatic carbocycles. The topological polar surface area (TPSA) is 129 Å². The molecule has 0 aliphatic heterocycles. The second kappa shape index (κ2) is 9.30. The van der Waals surface area contributed by atoms with Gasteiger partial charge in [-0.25, -0.2) is 13.4 Å². The van der Waals surface area contributed by atoms with E-state index in [4.69, 9.17) is 14.8 Å². The zero-order valence-electron chi connectivity index (χ0n) is 18.5. The average molecular weight is 507 g/mol. The Morgan fingerprint density at radius 2 is 1.86 bits per heavy atom. The number of anilines is 1. The predicted molar refractivity (Wildman–Crippen MR) is 117 cm³/mol. The highest BCUT2D eigenvalue weighted by Crippen LogP contribution is 2.36. The lowest BCUT2D eigenvalue weighted by atomic mass is 10.1. The zero-order chi connectivity index (χ0) is 26.1. The highest BCUT2D eigenvalue weighted by molar-refractivity contribution is 7.91. The summed E-state index contributed by atoms with van der Waals surface area (Å²) in [4.78, 5) is 13.2. The van der Waals surface area contributed by atoms with E-state index in [1.807, 2.05) is 0 Å². The summed E-state index contributed by atoms with van der Waals surface area (Å²) in [6.45, 7) is 2.29. The molecule has 0 fully saturated rings. The van der Waals surface area contributed by atoms with Gasteiger partial charge in [-0.15, -0.1) is 10.2 Å². The molecule has 3 rings (SSSR count). The van der Waals surface area contributed by atoms with Gasteiger partial charge < -0.3 is 10.1 Å². The van der Waals surface area contributed by atoms with Gasteiger partial charge in [-0.3, -0.25) is 4.79 Å². The predicted octanol–water partition coefficient (Wildman–Crippen LogP) is 5.20. The number of halogens is 4. The number of alkyl halides is 3. The fourth-order valence-corrected chi connectivity index (χ4v) is 3.78. The van der Waals surface area contributed by atoms with Gasteiger partial charge in [-0.1, -0.05) is 6.07 Å². The minimum Gasteiger partial charge on any atom is -0.437 e. The summed E-state index contributed by atoms with van der Waals surface area (Å²) in [7, 11) is -3.13. The molecular formula is C22H17F4N5O3S. The zero-order valence-corrected chi connectivity index (χ0v) is 19.3. The first-order chi connectivity index (χ1) is 16.2. The summed E-state index contributed by atoms with van der Waals surface area (Å²) in [5, 5.41) is 17.9. The lowest BCUT2D eigenvalue weighted by molar-refractivity contribution is -0.142. The van der Waals surface area contributed by atoms with Crippen LogP contribution >= 0.6 is 0 Å². The fraction of sp³-hybridized carbons (Fsp3) is 0.182. The minimum absolute atomic E-state index is 0.0608. The fourth-order valence-electron chi connectivity index (χ4n) is 3.09. The molecule has 0 saturated carbocycles. The van der Waals surface area contributed by atoms with Gasteiger partial charge in [0.1, 0.15) is 23.2 Å². The molecule has 1 unspecified atom stereocenters. The van der Waals surface area contributed by atoms with Crippen molar-refractivity contribution in [3.63, 3.8) is 0 Å². The van der Waals surface area contributed by atoms with Crippen LogP contribution in [0, 0.1) is 35.8 Å². The number of aromatic nitrogens is 2. The summed E-state index contributed by atoms with van der Waals surface area (Å²) in [6, 6.07) is 9.44. The minimum atomic E-state index is -4.93. The van der Waals surface area contributed by atoms with E-state index >= 15 is 0 Å². The first-order valence-electron chi connectivity index (χ1n) is 9.70. The van der Waals surface area contributed by atoms with Gasteiger partial charge in [0, 0.05) is 22.4 Å². The first kappa shape index (κ1) is 25.6. The van der Waals surface area contributed by atoms with Crippen molar-refractivity contribution in [2.45, 2.75) is 24.9 Å². The van der Waals surface area contributed by atoms with Crippen molar-refractivity contribution in [3.05, 3.63) is 70.2 Å². The second-order valence-electron chi connectivity index (χ2n) is 7.44. The van der Waals surface area contributed by atoms with E-state index in [9.17, 15) is 26.6 Å². The Balaban J connectivity index is 2.11. The molecule has 0 saturated heterocycles. The van der Waals surface area contributed by atoms with Crippen molar-refractivity contribution in [1.82, 2.24) is 10.2 Å². The number of nitriles is 1. The Kier molecular flexibility index (Phi) is 6.80. The molecule has 0 bridgehead atoms. The summed E-state index contributed by atoms with van der Waals surface area (Å²) >= 11 is 0. The maximum absolute atomic E-state index is 14.3. The molecule has 3 aromatic rings. The Hall–Kier alpha value is -4.05. The number of nitrogens with zero attached hydrogens (tertiary/aromatic N) is 3. The van der Waals surface area contributed by atoms with E-state index in [-0.39, 0.29) is 27.5 Å². The van der Waals surface area contributed by atoms with Crippen LogP contribution in [-0.4, -0.2) is 26.6 Å². The Bertz CT molecular complexity index is 1480. The van der Waals surface area contributed by atoms with Gasteiger partial charge in [-0.2, -0.15) is 18.4 Å². The molecule has 0 spiro atoms. The van der Waals surface area contributed by atoms with Gasteiger partial charge in [0.15, 0.2) is 5.69 Å². The van der Waals surface area contributed by atoms with Crippen LogP contribution in [0.5, 0.6) is 11.6 Å². The lowest BCUT2D eigenvalue weighted by Crippen LogP contribution is -2.21. The number of nitrogens with one attached hydrogen (secondary N) is 2. The Morgan fingerprint density at radius 1 is 1.17 bits per heavy atom. The van der Waals surface area contributed by atoms with Gasteiger partial charge >= 0.3 is 6.18 Å². The third-order valence-electron chi connectivity index (χ3n) is 4.89. The van der Waals surface area contributed by atoms with E-state index < -0.39 is 50.3 Å². The molecule has 1 aromatic heterocycles. The van der Waals surface area contributed by atoms with Crippen LogP contribution in [0.15, 0.2) is 41.3 Å². The molecule has 0 aliphatic rings. The Labute approximate surface area is 197 Å². The third-order valence-corrected chi connectivity index (χ3v) is 6.04. The molecule has 2 N–H and O–H groups in total. The van der Waals surface area contributed by atoms with Crippen LogP contribution in [0.25, 0.3) is 0 Å². The maximum Gasteiger partial charge on any atom is 0.435 e. The molecule has 8 nitrogen and oxygen atoms in total. The van der Waals surface area contributed by atoms with Crippen LogP contribution in [0.1, 0.15) is 32.7 Å². The summed E-state index contributed by atoms with van der Waals surface area (Å²) < 4.78 is 79.9. The number of rotatable bonds is 5. The van der Waals surface area contributed by atoms with Crippen LogP contribution in [0.3, 0.4) is 0 Å². The van der Waals surface area contributed by atoms with Crippen molar-refractivity contribution in [3.8, 4) is 17.7 Å². The van der Waals surface area contributed by atoms with E-state index in [2.05, 4.69) is 15.5 Å². The number of hydrogen-bond acceptors (Lipinski definition) is 7. The van der Waals surface area contributed by atoms with Gasteiger partial charge in [0.2, 0.25) is 0 Å². The third kappa shape index (κ3) is 5.38. The van der Waals surface area contributed by atoms with Gasteiger partial charge in [-0.05, 0) is 49.7 Å². The Morgan fingerprint density at radius 3 is 2.46 bits per heavy atom. The number of hydrogen-bond donors (Lipinski definition) is 2. The van der Waals surface area contributed by atoms with Crippen molar-refractivity contribution < 1.29 is 31.3 Å². The SMILES string of the molecule is Cc1c(Oc2nnc(C(F)(F)F)c(C)c2C(=O)Nc2cccc(S(C)(=N)=O)c2)ccc(C#N)c1F. The molecule has 182 valence electrons. The van der Waals surface area contributed by atoms with E-state index in [0.29, 0.717) is 0 Å². The van der Waals surface area contributed by atoms with Crippen LogP contribution < -0.4 is 10.1 Å². The normalized spacial score (nSPS) is 13.0. The standard InChI is InChI=1S/C22H17F4N5O3S/c1-11-16(8-7-13(10-27)18(11)23)34-21-17(12(2)19(30-31-21)22(24,25)26)20(32)29-14-5-4-6-15(9-14)35(3,28)33/h4-9,28H,1-3H3,(H,29,32). The summed E-state index contributed by atoms with van der Waals surface area (Å²) in [5.41, 5.74) is -2.98. The number of amides is 1. The lowest BCUT2D eigenvalue weighted by Gasteiger charge is -2.17. The van der Waals surface area contributed by atoms with E-state index in [1.54, 1.807) is 6.07 Å². The van der Waals surface area contributed by atoms with Crippen LogP contribution in [0.4, 0.5) is 23.2 Å². The molecule has 0 aliphatic carbocycles. The highest BCUT2D eigenvalue weighted by atomic mass is 32.2. The maximum atomic E-state index is 14.3. The van der Waals surface area contributed by atoms with Gasteiger partial charge in [0.25, 0.3) is 11.8 Å². The molecule has 13 heteroatoms. The molecule has 0 radical (unpaired) electrons. The largest absolute Gasteiger partial charge is 0.437 e. The first-order valence-corrected chi connectivity index (χ1v) is 11.7. The summed E-state index contributed by atoms with van der Waals surface area (Å²) in [6.07, 6.45) is -3.76. The molecule has 1 amide bonds. The molecule has 35 heavy (non-hydrogen) atoms. The van der Waals surface area contributed by atoms with Crippen molar-refractivity contribution in [1.29, 1.82) is 10.0 Å². The van der Waals surface area contributed by atoms with Crippen LogP contribution in [0.2, 0.25) is 0 Å². The monoisotopic (exact) mass is 507 g/mol.